The summed E-state index contributed by atoms with van der Waals surface area (Å²) >= 11 is 0. The van der Waals surface area contributed by atoms with Gasteiger partial charge in [0.25, 0.3) is 0 Å². The van der Waals surface area contributed by atoms with Crippen LogP contribution in [0.15, 0.2) is 182 Å². The van der Waals surface area contributed by atoms with E-state index in [-0.39, 0.29) is 0 Å². The molecule has 0 N–H and O–H groups in total. The summed E-state index contributed by atoms with van der Waals surface area (Å²) in [6.45, 7) is 0. The summed E-state index contributed by atoms with van der Waals surface area (Å²) in [6, 6.07) is 68.5. The van der Waals surface area contributed by atoms with Gasteiger partial charge in [0.1, 0.15) is 0 Å². The SMILES string of the molecule is c1ccc(-c2ccc3c(c2)C2(c4ccccc4-c4ccccc42)c2c-3c3cccc4cc(-c5ccc6ccccc6c5)c5cccc2c5c43)cc1. The molecule has 0 unspecified atom stereocenters. The second-order valence-electron chi connectivity index (χ2n) is 14.3. The zero-order chi connectivity index (χ0) is 33.3. The third-order valence-corrected chi connectivity index (χ3v) is 12.0. The Kier molecular flexibility index (Phi) is 5.26. The van der Waals surface area contributed by atoms with Crippen LogP contribution >= 0.6 is 0 Å². The normalized spacial score (nSPS) is 13.6. The lowest BCUT2D eigenvalue weighted by Gasteiger charge is -2.32. The van der Waals surface area contributed by atoms with E-state index in [0.717, 1.165) is 0 Å². The van der Waals surface area contributed by atoms with E-state index in [1.54, 1.807) is 0 Å². The zero-order valence-electron chi connectivity index (χ0n) is 27.8. The summed E-state index contributed by atoms with van der Waals surface area (Å²) in [6.07, 6.45) is 0. The van der Waals surface area contributed by atoms with Crippen molar-refractivity contribution >= 4 is 43.1 Å². The Balaban J connectivity index is 1.28. The molecular formula is C51H30. The van der Waals surface area contributed by atoms with Gasteiger partial charge in [0.05, 0.1) is 5.41 Å². The van der Waals surface area contributed by atoms with Crippen LogP contribution in [0.25, 0.3) is 87.6 Å². The van der Waals surface area contributed by atoms with Crippen LogP contribution in [0.5, 0.6) is 0 Å². The van der Waals surface area contributed by atoms with Crippen LogP contribution < -0.4 is 0 Å². The highest BCUT2D eigenvalue weighted by atomic mass is 14.5. The van der Waals surface area contributed by atoms with Gasteiger partial charge in [-0.15, -0.1) is 0 Å². The van der Waals surface area contributed by atoms with Crippen molar-refractivity contribution < 1.29 is 0 Å². The number of rotatable bonds is 2. The van der Waals surface area contributed by atoms with E-state index in [0.29, 0.717) is 0 Å². The van der Waals surface area contributed by atoms with E-state index in [1.165, 1.54) is 110 Å². The van der Waals surface area contributed by atoms with Crippen molar-refractivity contribution in [2.45, 2.75) is 5.41 Å². The summed E-state index contributed by atoms with van der Waals surface area (Å²) in [5.41, 5.74) is 15.5. The van der Waals surface area contributed by atoms with Crippen molar-refractivity contribution in [1.82, 2.24) is 0 Å². The highest BCUT2D eigenvalue weighted by Gasteiger charge is 2.53. The van der Waals surface area contributed by atoms with E-state index in [1.807, 2.05) is 0 Å². The first-order chi connectivity index (χ1) is 25.3. The third kappa shape index (κ3) is 3.40. The molecule has 0 saturated heterocycles. The summed E-state index contributed by atoms with van der Waals surface area (Å²) in [5.74, 6) is 0. The molecule has 0 fully saturated rings. The molecule has 2 aliphatic carbocycles. The first-order valence-electron chi connectivity index (χ1n) is 17.9. The second-order valence-corrected chi connectivity index (χ2v) is 14.3. The van der Waals surface area contributed by atoms with Gasteiger partial charge in [0.2, 0.25) is 0 Å². The third-order valence-electron chi connectivity index (χ3n) is 12.0. The van der Waals surface area contributed by atoms with Gasteiger partial charge >= 0.3 is 0 Å². The minimum absolute atomic E-state index is 0.463. The van der Waals surface area contributed by atoms with Gasteiger partial charge in [-0.25, -0.2) is 0 Å². The Bertz CT molecular complexity index is 3030. The van der Waals surface area contributed by atoms with E-state index < -0.39 is 5.41 Å². The molecule has 234 valence electrons. The van der Waals surface area contributed by atoms with Crippen LogP contribution in [-0.2, 0) is 5.41 Å². The fourth-order valence-electron chi connectivity index (χ4n) is 10.0. The lowest BCUT2D eigenvalue weighted by Crippen LogP contribution is -2.26. The lowest BCUT2D eigenvalue weighted by atomic mass is 9.68. The van der Waals surface area contributed by atoms with Crippen molar-refractivity contribution in [3.63, 3.8) is 0 Å². The molecule has 0 bridgehead atoms. The van der Waals surface area contributed by atoms with Crippen LogP contribution in [-0.4, -0.2) is 0 Å². The number of benzene rings is 10. The molecule has 0 nitrogen and oxygen atoms in total. The van der Waals surface area contributed by atoms with Crippen molar-refractivity contribution in [1.29, 1.82) is 0 Å². The predicted molar refractivity (Wildman–Crippen MR) is 215 cm³/mol. The standard InChI is InChI=1S/C51H30/c1-2-12-31(13-3-1)34-26-27-40-46(30-34)51(44-22-8-6-17-37(44)38-18-7-9-23-45(38)51)50-42-21-11-19-39-43(35-25-24-32-14-4-5-15-33(32)28-35)29-36-16-10-20-41(49(40)50)47(36)48(39)42/h1-30H. The maximum absolute atomic E-state index is 2.51. The van der Waals surface area contributed by atoms with Gasteiger partial charge in [0, 0.05) is 0 Å². The summed E-state index contributed by atoms with van der Waals surface area (Å²) in [5, 5.41) is 10.5. The zero-order valence-corrected chi connectivity index (χ0v) is 27.8. The quantitative estimate of drug-likeness (QED) is 0.165. The topological polar surface area (TPSA) is 0 Å². The first-order valence-corrected chi connectivity index (χ1v) is 17.9. The van der Waals surface area contributed by atoms with Gasteiger partial charge in [-0.2, -0.15) is 0 Å². The Morgan fingerprint density at radius 2 is 0.941 bits per heavy atom. The molecule has 0 saturated carbocycles. The van der Waals surface area contributed by atoms with Crippen molar-refractivity contribution in [2.75, 3.05) is 0 Å². The lowest BCUT2D eigenvalue weighted by molar-refractivity contribution is 0.802. The molecular weight excluding hydrogens is 613 g/mol. The molecule has 0 aromatic heterocycles. The maximum atomic E-state index is 2.51. The summed E-state index contributed by atoms with van der Waals surface area (Å²) in [7, 11) is 0. The average molecular weight is 643 g/mol. The Morgan fingerprint density at radius 1 is 0.294 bits per heavy atom. The van der Waals surface area contributed by atoms with Crippen molar-refractivity contribution in [2.24, 2.45) is 0 Å². The highest BCUT2D eigenvalue weighted by molar-refractivity contribution is 6.31. The largest absolute Gasteiger partial charge is 0.0731 e. The van der Waals surface area contributed by atoms with Crippen molar-refractivity contribution in [3.05, 3.63) is 204 Å². The molecule has 0 amide bonds. The number of hydrogen-bond acceptors (Lipinski definition) is 0. The van der Waals surface area contributed by atoms with E-state index in [2.05, 4.69) is 182 Å². The smallest absolute Gasteiger partial charge is 0.0622 e. The fourth-order valence-corrected chi connectivity index (χ4v) is 10.0. The van der Waals surface area contributed by atoms with Crippen LogP contribution in [0.2, 0.25) is 0 Å². The van der Waals surface area contributed by atoms with E-state index in [4.69, 9.17) is 0 Å². The monoisotopic (exact) mass is 642 g/mol. The minimum Gasteiger partial charge on any atom is -0.0622 e. The highest BCUT2D eigenvalue weighted by Crippen LogP contribution is 2.66. The number of fused-ring (bicyclic) bond motifs is 13. The number of hydrogen-bond donors (Lipinski definition) is 0. The fraction of sp³-hybridized carbons (Fsp3) is 0.0196. The maximum Gasteiger partial charge on any atom is 0.0731 e. The van der Waals surface area contributed by atoms with E-state index in [9.17, 15) is 0 Å². The van der Waals surface area contributed by atoms with E-state index >= 15 is 0 Å². The molecule has 0 aliphatic heterocycles. The van der Waals surface area contributed by atoms with Gasteiger partial charge in [-0.1, -0.05) is 164 Å². The molecule has 1 spiro atoms. The second kappa shape index (κ2) is 9.81. The molecule has 2 aliphatic rings. The van der Waals surface area contributed by atoms with Crippen LogP contribution in [0.3, 0.4) is 0 Å². The molecule has 0 heteroatoms. The molecule has 0 radical (unpaired) electrons. The van der Waals surface area contributed by atoms with Crippen molar-refractivity contribution in [3.8, 4) is 44.5 Å². The Morgan fingerprint density at radius 3 is 1.76 bits per heavy atom. The van der Waals surface area contributed by atoms with Gasteiger partial charge < -0.3 is 0 Å². The Labute approximate surface area is 296 Å². The molecule has 10 aromatic carbocycles. The molecule has 0 heterocycles. The predicted octanol–water partition coefficient (Wildman–Crippen LogP) is 13.4. The summed E-state index contributed by atoms with van der Waals surface area (Å²) < 4.78 is 0. The van der Waals surface area contributed by atoms with Crippen LogP contribution in [0.4, 0.5) is 0 Å². The van der Waals surface area contributed by atoms with Gasteiger partial charge in [0.15, 0.2) is 0 Å². The summed E-state index contributed by atoms with van der Waals surface area (Å²) in [4.78, 5) is 0. The molecule has 0 atom stereocenters. The Hall–Kier alpha value is -6.50. The molecule has 10 aromatic rings. The van der Waals surface area contributed by atoms with Gasteiger partial charge in [-0.3, -0.25) is 0 Å². The van der Waals surface area contributed by atoms with Crippen LogP contribution in [0, 0.1) is 0 Å². The molecule has 12 rings (SSSR count). The van der Waals surface area contributed by atoms with Gasteiger partial charge in [-0.05, 0) is 128 Å². The average Bonchev–Trinajstić information content (AvgIpc) is 3.68. The molecule has 51 heavy (non-hydrogen) atoms. The minimum atomic E-state index is -0.463. The van der Waals surface area contributed by atoms with Crippen LogP contribution in [0.1, 0.15) is 22.3 Å². The first kappa shape index (κ1) is 27.3.